The summed E-state index contributed by atoms with van der Waals surface area (Å²) >= 11 is 0. The fourth-order valence-electron chi connectivity index (χ4n) is 3.10. The van der Waals surface area contributed by atoms with Crippen LogP contribution in [0.5, 0.6) is 0 Å². The van der Waals surface area contributed by atoms with Gasteiger partial charge in [-0.2, -0.15) is 0 Å². The quantitative estimate of drug-likeness (QED) is 0.194. The minimum Gasteiger partial charge on any atom is -0.462 e. The third-order valence-corrected chi connectivity index (χ3v) is 9.79. The van der Waals surface area contributed by atoms with Gasteiger partial charge < -0.3 is 23.7 Å². The molecule has 0 unspecified atom stereocenters. The summed E-state index contributed by atoms with van der Waals surface area (Å²) in [5, 5.41) is 0. The second-order valence-corrected chi connectivity index (χ2v) is 12.6. The van der Waals surface area contributed by atoms with Crippen LogP contribution in [0.4, 0.5) is 0 Å². The zero-order chi connectivity index (χ0) is 28.4. The summed E-state index contributed by atoms with van der Waals surface area (Å²) < 4.78 is 74.6. The normalized spacial score (nSPS) is 15.1. The largest absolute Gasteiger partial charge is 0.462 e. The zero-order valence-corrected chi connectivity index (χ0v) is 22.7. The molecule has 4 atom stereocenters. The Hall–Kier alpha value is -2.75. The van der Waals surface area contributed by atoms with Crippen molar-refractivity contribution in [3.8, 4) is 0 Å². The van der Waals surface area contributed by atoms with Gasteiger partial charge in [0.05, 0.1) is 0 Å². The number of hydrogen-bond acceptors (Lipinski definition) is 14. The van der Waals surface area contributed by atoms with Crippen molar-refractivity contribution in [3.63, 3.8) is 0 Å². The smallest absolute Gasteiger partial charge is 0.303 e. The van der Waals surface area contributed by atoms with E-state index in [2.05, 4.69) is 0 Å². The standard InChI is InChI=1S/C20H32O14S2/c1-8-35(26,27)20(36(28,29)9-2)19(34-15(7)25)18(33-14(6)24)17(32-13(5)23)16(31-12(4)22)10-30-11(3)21/h16-20H,8-10H2,1-7H3/t16-,17-,18+,19-/m1/s1. The Labute approximate surface area is 209 Å². The summed E-state index contributed by atoms with van der Waals surface area (Å²) in [6.45, 7) is 6.08. The third kappa shape index (κ3) is 10.5. The maximum absolute atomic E-state index is 13.0. The van der Waals surface area contributed by atoms with E-state index in [1.165, 1.54) is 0 Å². The lowest BCUT2D eigenvalue weighted by Gasteiger charge is -2.37. The molecule has 0 bridgehead atoms. The van der Waals surface area contributed by atoms with E-state index in [0.717, 1.165) is 48.5 Å². The van der Waals surface area contributed by atoms with Gasteiger partial charge in [-0.1, -0.05) is 13.8 Å². The molecule has 0 aliphatic heterocycles. The highest BCUT2D eigenvalue weighted by Gasteiger charge is 2.54. The number of ether oxygens (including phenoxy) is 5. The molecule has 0 amide bonds. The first-order valence-electron chi connectivity index (χ1n) is 10.6. The highest BCUT2D eigenvalue weighted by molar-refractivity contribution is 8.09. The van der Waals surface area contributed by atoms with Gasteiger partial charge in [0.25, 0.3) is 0 Å². The van der Waals surface area contributed by atoms with Crippen LogP contribution < -0.4 is 0 Å². The van der Waals surface area contributed by atoms with Crippen LogP contribution in [0.3, 0.4) is 0 Å². The van der Waals surface area contributed by atoms with Gasteiger partial charge >= 0.3 is 29.8 Å². The molecule has 0 aromatic heterocycles. The fourth-order valence-corrected chi connectivity index (χ4v) is 7.60. The maximum atomic E-state index is 13.0. The summed E-state index contributed by atoms with van der Waals surface area (Å²) in [6, 6.07) is 0. The van der Waals surface area contributed by atoms with Crippen molar-refractivity contribution in [2.24, 2.45) is 0 Å². The molecule has 0 aliphatic carbocycles. The van der Waals surface area contributed by atoms with Crippen LogP contribution in [0.1, 0.15) is 48.5 Å². The van der Waals surface area contributed by atoms with Crippen molar-refractivity contribution in [1.82, 2.24) is 0 Å². The summed E-state index contributed by atoms with van der Waals surface area (Å²) in [4.78, 5) is 59.0. The van der Waals surface area contributed by atoms with Crippen LogP contribution in [-0.4, -0.2) is 93.8 Å². The summed E-state index contributed by atoms with van der Waals surface area (Å²) in [5.74, 6) is -6.62. The predicted molar refractivity (Wildman–Crippen MR) is 122 cm³/mol. The van der Waals surface area contributed by atoms with E-state index in [1.807, 2.05) is 0 Å². The van der Waals surface area contributed by atoms with E-state index in [0.29, 0.717) is 0 Å². The van der Waals surface area contributed by atoms with E-state index in [-0.39, 0.29) is 0 Å². The second-order valence-electron chi connectivity index (χ2n) is 7.44. The lowest BCUT2D eigenvalue weighted by Crippen LogP contribution is -2.59. The SMILES string of the molecule is CCS(=O)(=O)C([C@H](OC(C)=O)[C@@H](OC(C)=O)[C@H](OC(C)=O)[C@@H](COC(C)=O)OC(C)=O)S(=O)(=O)CC. The molecular formula is C20H32O14S2. The molecule has 0 fully saturated rings. The number of esters is 5. The molecule has 14 nitrogen and oxygen atoms in total. The number of carbonyl (C=O) groups is 5. The molecule has 0 saturated heterocycles. The summed E-state index contributed by atoms with van der Waals surface area (Å²) in [5.41, 5.74) is 0. The van der Waals surface area contributed by atoms with Gasteiger partial charge in [-0.15, -0.1) is 0 Å². The van der Waals surface area contributed by atoms with Crippen molar-refractivity contribution in [1.29, 1.82) is 0 Å². The number of rotatable bonds is 14. The monoisotopic (exact) mass is 560 g/mol. The first kappa shape index (κ1) is 33.2. The van der Waals surface area contributed by atoms with Crippen molar-refractivity contribution in [3.05, 3.63) is 0 Å². The minimum atomic E-state index is -4.58. The average Bonchev–Trinajstić information content (AvgIpc) is 2.71. The molecule has 0 heterocycles. The van der Waals surface area contributed by atoms with Crippen LogP contribution >= 0.6 is 0 Å². The first-order valence-corrected chi connectivity index (χ1v) is 14.1. The molecule has 0 aromatic carbocycles. The Morgan fingerprint density at radius 2 is 0.917 bits per heavy atom. The molecule has 0 N–H and O–H groups in total. The van der Waals surface area contributed by atoms with Crippen LogP contribution in [0.25, 0.3) is 0 Å². The molecule has 36 heavy (non-hydrogen) atoms. The van der Waals surface area contributed by atoms with Gasteiger partial charge in [-0.3, -0.25) is 24.0 Å². The molecule has 16 heteroatoms. The maximum Gasteiger partial charge on any atom is 0.303 e. The zero-order valence-electron chi connectivity index (χ0n) is 21.0. The van der Waals surface area contributed by atoms with Crippen molar-refractivity contribution in [2.75, 3.05) is 18.1 Å². The Morgan fingerprint density at radius 1 is 0.556 bits per heavy atom. The van der Waals surface area contributed by atoms with Gasteiger partial charge in [-0.05, 0) is 0 Å². The van der Waals surface area contributed by atoms with Crippen molar-refractivity contribution < 1.29 is 64.5 Å². The summed E-state index contributed by atoms with van der Waals surface area (Å²) in [6.07, 6.45) is -8.11. The van der Waals surface area contributed by atoms with E-state index < -0.39 is 96.6 Å². The van der Waals surface area contributed by atoms with Crippen LogP contribution in [0, 0.1) is 0 Å². The number of hydrogen-bond donors (Lipinski definition) is 0. The highest BCUT2D eigenvalue weighted by Crippen LogP contribution is 2.28. The molecule has 0 aromatic rings. The molecule has 0 spiro atoms. The number of sulfone groups is 2. The lowest BCUT2D eigenvalue weighted by molar-refractivity contribution is -0.201. The molecule has 208 valence electrons. The number of carbonyl (C=O) groups excluding carboxylic acids is 5. The van der Waals surface area contributed by atoms with E-state index in [9.17, 15) is 40.8 Å². The van der Waals surface area contributed by atoms with E-state index >= 15 is 0 Å². The second kappa shape index (κ2) is 14.1. The minimum absolute atomic E-state index is 0.722. The topological polar surface area (TPSA) is 200 Å². The van der Waals surface area contributed by atoms with Crippen molar-refractivity contribution >= 4 is 49.5 Å². The lowest BCUT2D eigenvalue weighted by atomic mass is 10.0. The predicted octanol–water partition coefficient (Wildman–Crippen LogP) is -0.528. The fraction of sp³-hybridized carbons (Fsp3) is 0.750. The molecule has 0 saturated carbocycles. The Bertz CT molecular complexity index is 997. The van der Waals surface area contributed by atoms with Crippen molar-refractivity contribution in [2.45, 2.75) is 77.5 Å². The Kier molecular flexibility index (Phi) is 13.0. The Balaban J connectivity index is 7.32. The van der Waals surface area contributed by atoms with E-state index in [4.69, 9.17) is 23.7 Å². The first-order chi connectivity index (χ1) is 16.4. The summed E-state index contributed by atoms with van der Waals surface area (Å²) in [7, 11) is -9.16. The molecule has 0 rings (SSSR count). The van der Waals surface area contributed by atoms with Gasteiger partial charge in [0.15, 0.2) is 44.1 Å². The Morgan fingerprint density at radius 3 is 1.25 bits per heavy atom. The average molecular weight is 561 g/mol. The molecular weight excluding hydrogens is 528 g/mol. The van der Waals surface area contributed by atoms with E-state index in [1.54, 1.807) is 0 Å². The van der Waals surface area contributed by atoms with Gasteiger partial charge in [0, 0.05) is 46.1 Å². The van der Waals surface area contributed by atoms with Crippen LogP contribution in [0.2, 0.25) is 0 Å². The van der Waals surface area contributed by atoms with Crippen LogP contribution in [0.15, 0.2) is 0 Å². The van der Waals surface area contributed by atoms with Gasteiger partial charge in [0.2, 0.25) is 4.58 Å². The molecule has 0 aliphatic rings. The van der Waals surface area contributed by atoms with Gasteiger partial charge in [0.1, 0.15) is 6.61 Å². The van der Waals surface area contributed by atoms with Gasteiger partial charge in [-0.25, -0.2) is 16.8 Å². The van der Waals surface area contributed by atoms with Crippen LogP contribution in [-0.2, 0) is 67.3 Å². The molecule has 0 radical (unpaired) electrons. The highest BCUT2D eigenvalue weighted by atomic mass is 32.3. The third-order valence-electron chi connectivity index (χ3n) is 4.47.